The fourth-order valence-corrected chi connectivity index (χ4v) is 2.48. The van der Waals surface area contributed by atoms with E-state index in [1.165, 1.54) is 5.56 Å². The third-order valence-electron chi connectivity index (χ3n) is 3.43. The largest absolute Gasteiger partial charge is 0.459 e. The number of para-hydroxylation sites is 2. The van der Waals surface area contributed by atoms with Crippen LogP contribution in [0.15, 0.2) is 59.0 Å². The molecule has 0 unspecified atom stereocenters. The average Bonchev–Trinajstić information content (AvgIpc) is 2.88. The van der Waals surface area contributed by atoms with Gasteiger partial charge < -0.3 is 14.6 Å². The Morgan fingerprint density at radius 3 is 2.57 bits per heavy atom. The van der Waals surface area contributed by atoms with E-state index >= 15 is 0 Å². The monoisotopic (exact) mass is 280 g/mol. The Balaban J connectivity index is 1.75. The highest BCUT2D eigenvalue weighted by molar-refractivity contribution is 5.77. The third-order valence-corrected chi connectivity index (χ3v) is 3.43. The lowest BCUT2D eigenvalue weighted by Crippen LogP contribution is -2.12. The van der Waals surface area contributed by atoms with Crippen molar-refractivity contribution in [2.24, 2.45) is 0 Å². The maximum Gasteiger partial charge on any atom is 0.134 e. The van der Waals surface area contributed by atoms with Gasteiger partial charge in [-0.05, 0) is 37.9 Å². The lowest BCUT2D eigenvalue weighted by atomic mass is 10.1. The first-order valence-corrected chi connectivity index (χ1v) is 7.16. The molecule has 0 atom stereocenters. The van der Waals surface area contributed by atoms with Gasteiger partial charge in [-0.15, -0.1) is 0 Å². The molecule has 3 heteroatoms. The standard InChI is InChI=1S/C18H20N2O/c1-20(2)13-15-8-3-5-9-17(15)19-12-16-11-14-7-4-6-10-18(14)21-16/h3-11,19H,12-13H2,1-2H3. The molecule has 21 heavy (non-hydrogen) atoms. The fraction of sp³-hybridized carbons (Fsp3) is 0.222. The molecule has 2 aromatic carbocycles. The molecule has 0 radical (unpaired) electrons. The smallest absolute Gasteiger partial charge is 0.134 e. The van der Waals surface area contributed by atoms with E-state index in [4.69, 9.17) is 4.42 Å². The molecule has 0 fully saturated rings. The number of nitrogens with zero attached hydrogens (tertiary/aromatic N) is 1. The second-order valence-corrected chi connectivity index (χ2v) is 5.50. The number of furan rings is 1. The molecule has 1 aromatic heterocycles. The van der Waals surface area contributed by atoms with E-state index in [2.05, 4.69) is 60.7 Å². The van der Waals surface area contributed by atoms with Gasteiger partial charge in [0.25, 0.3) is 0 Å². The van der Waals surface area contributed by atoms with E-state index in [0.29, 0.717) is 6.54 Å². The minimum absolute atomic E-state index is 0.694. The summed E-state index contributed by atoms with van der Waals surface area (Å²) in [7, 11) is 4.16. The van der Waals surface area contributed by atoms with Crippen LogP contribution in [0.5, 0.6) is 0 Å². The van der Waals surface area contributed by atoms with Crippen molar-refractivity contribution in [2.45, 2.75) is 13.1 Å². The minimum atomic E-state index is 0.694. The molecule has 0 aliphatic rings. The minimum Gasteiger partial charge on any atom is -0.459 e. The van der Waals surface area contributed by atoms with Crippen LogP contribution in [-0.4, -0.2) is 19.0 Å². The van der Waals surface area contributed by atoms with Gasteiger partial charge in [0.1, 0.15) is 11.3 Å². The molecule has 0 saturated carbocycles. The molecule has 3 rings (SSSR count). The van der Waals surface area contributed by atoms with Crippen molar-refractivity contribution < 1.29 is 4.42 Å². The number of hydrogen-bond acceptors (Lipinski definition) is 3. The van der Waals surface area contributed by atoms with Crippen LogP contribution in [0, 0.1) is 0 Å². The molecular weight excluding hydrogens is 260 g/mol. The number of rotatable bonds is 5. The number of anilines is 1. The van der Waals surface area contributed by atoms with Crippen LogP contribution in [0.2, 0.25) is 0 Å². The quantitative estimate of drug-likeness (QED) is 0.762. The van der Waals surface area contributed by atoms with E-state index < -0.39 is 0 Å². The Morgan fingerprint density at radius 1 is 1.00 bits per heavy atom. The highest BCUT2D eigenvalue weighted by Crippen LogP contribution is 2.21. The first-order valence-electron chi connectivity index (χ1n) is 7.16. The number of fused-ring (bicyclic) bond motifs is 1. The van der Waals surface area contributed by atoms with Crippen LogP contribution in [0.1, 0.15) is 11.3 Å². The maximum absolute atomic E-state index is 5.84. The first-order chi connectivity index (χ1) is 10.2. The first kappa shape index (κ1) is 13.7. The second-order valence-electron chi connectivity index (χ2n) is 5.50. The lowest BCUT2D eigenvalue weighted by Gasteiger charge is -2.14. The SMILES string of the molecule is CN(C)Cc1ccccc1NCc1cc2ccccc2o1. The number of benzene rings is 2. The topological polar surface area (TPSA) is 28.4 Å². The zero-order valence-electron chi connectivity index (χ0n) is 12.5. The van der Waals surface area contributed by atoms with Crippen LogP contribution in [0.3, 0.4) is 0 Å². The lowest BCUT2D eigenvalue weighted by molar-refractivity contribution is 0.403. The molecule has 0 amide bonds. The van der Waals surface area contributed by atoms with Crippen molar-refractivity contribution in [1.82, 2.24) is 4.90 Å². The van der Waals surface area contributed by atoms with Crippen LogP contribution in [0.4, 0.5) is 5.69 Å². The van der Waals surface area contributed by atoms with Gasteiger partial charge in [0, 0.05) is 17.6 Å². The summed E-state index contributed by atoms with van der Waals surface area (Å²) in [6.07, 6.45) is 0. The molecule has 1 heterocycles. The molecule has 108 valence electrons. The van der Waals surface area contributed by atoms with Crippen LogP contribution >= 0.6 is 0 Å². The molecule has 3 aromatic rings. The number of hydrogen-bond donors (Lipinski definition) is 1. The third kappa shape index (κ3) is 3.26. The van der Waals surface area contributed by atoms with Crippen molar-refractivity contribution in [3.63, 3.8) is 0 Å². The summed E-state index contributed by atoms with van der Waals surface area (Å²) in [5, 5.41) is 4.62. The summed E-state index contributed by atoms with van der Waals surface area (Å²) >= 11 is 0. The van der Waals surface area contributed by atoms with E-state index in [-0.39, 0.29) is 0 Å². The van der Waals surface area contributed by atoms with Crippen molar-refractivity contribution in [3.05, 3.63) is 65.9 Å². The van der Waals surface area contributed by atoms with Gasteiger partial charge in [-0.1, -0.05) is 36.4 Å². The Hall–Kier alpha value is -2.26. The van der Waals surface area contributed by atoms with Crippen molar-refractivity contribution >= 4 is 16.7 Å². The summed E-state index contributed by atoms with van der Waals surface area (Å²) in [5.74, 6) is 0.954. The molecule has 3 nitrogen and oxygen atoms in total. The Bertz CT molecular complexity index is 698. The van der Waals surface area contributed by atoms with E-state index in [0.717, 1.165) is 29.0 Å². The van der Waals surface area contributed by atoms with E-state index in [9.17, 15) is 0 Å². The Labute approximate surface area is 125 Å². The predicted octanol–water partition coefficient (Wildman–Crippen LogP) is 4.11. The van der Waals surface area contributed by atoms with Gasteiger partial charge in [0.2, 0.25) is 0 Å². The highest BCUT2D eigenvalue weighted by Gasteiger charge is 2.05. The van der Waals surface area contributed by atoms with E-state index in [1.54, 1.807) is 0 Å². The second kappa shape index (κ2) is 6.02. The highest BCUT2D eigenvalue weighted by atomic mass is 16.3. The summed E-state index contributed by atoms with van der Waals surface area (Å²) in [4.78, 5) is 2.17. The molecule has 0 spiro atoms. The molecular formula is C18H20N2O. The normalized spacial score (nSPS) is 11.2. The summed E-state index contributed by atoms with van der Waals surface area (Å²) in [6, 6.07) is 18.6. The van der Waals surface area contributed by atoms with Crippen LogP contribution in [0.25, 0.3) is 11.0 Å². The molecule has 0 bridgehead atoms. The Kier molecular flexibility index (Phi) is 3.93. The van der Waals surface area contributed by atoms with Crippen LogP contribution in [-0.2, 0) is 13.1 Å². The van der Waals surface area contributed by atoms with Gasteiger partial charge in [-0.2, -0.15) is 0 Å². The summed E-state index contributed by atoms with van der Waals surface area (Å²) in [6.45, 7) is 1.61. The van der Waals surface area contributed by atoms with Gasteiger partial charge >= 0.3 is 0 Å². The van der Waals surface area contributed by atoms with Gasteiger partial charge in [-0.25, -0.2) is 0 Å². The van der Waals surface area contributed by atoms with Crippen molar-refractivity contribution in [1.29, 1.82) is 0 Å². The molecule has 0 aliphatic heterocycles. The van der Waals surface area contributed by atoms with Crippen molar-refractivity contribution in [2.75, 3.05) is 19.4 Å². The maximum atomic E-state index is 5.84. The average molecular weight is 280 g/mol. The van der Waals surface area contributed by atoms with Gasteiger partial charge in [0.15, 0.2) is 0 Å². The number of nitrogens with one attached hydrogen (secondary N) is 1. The Morgan fingerprint density at radius 2 is 1.76 bits per heavy atom. The van der Waals surface area contributed by atoms with Crippen LogP contribution < -0.4 is 5.32 Å². The van der Waals surface area contributed by atoms with Gasteiger partial charge in [0.05, 0.1) is 6.54 Å². The summed E-state index contributed by atoms with van der Waals surface area (Å²) < 4.78 is 5.84. The zero-order chi connectivity index (χ0) is 14.7. The molecule has 0 aliphatic carbocycles. The molecule has 0 saturated heterocycles. The molecule has 1 N–H and O–H groups in total. The van der Waals surface area contributed by atoms with Crippen molar-refractivity contribution in [3.8, 4) is 0 Å². The van der Waals surface area contributed by atoms with E-state index in [1.807, 2.05) is 18.2 Å². The zero-order valence-corrected chi connectivity index (χ0v) is 12.5. The van der Waals surface area contributed by atoms with Gasteiger partial charge in [-0.3, -0.25) is 0 Å². The fourth-order valence-electron chi connectivity index (χ4n) is 2.48. The summed E-state index contributed by atoms with van der Waals surface area (Å²) in [5.41, 5.74) is 3.39. The predicted molar refractivity (Wildman–Crippen MR) is 87.4 cm³/mol.